The third-order valence-corrected chi connectivity index (χ3v) is 3.33. The lowest BCUT2D eigenvalue weighted by Gasteiger charge is -2.16. The summed E-state index contributed by atoms with van der Waals surface area (Å²) >= 11 is 0. The van der Waals surface area contributed by atoms with Crippen LogP contribution in [0.15, 0.2) is 54.6 Å². The average Bonchev–Trinajstić information content (AvgIpc) is 2.56. The Balaban J connectivity index is 1.75. The molecule has 0 saturated heterocycles. The number of hydrogen-bond donors (Lipinski definition) is 0. The van der Waals surface area contributed by atoms with Crippen LogP contribution in [0.4, 0.5) is 0 Å². The minimum atomic E-state index is -0.220. The van der Waals surface area contributed by atoms with Gasteiger partial charge in [-0.25, -0.2) is 0 Å². The van der Waals surface area contributed by atoms with Crippen molar-refractivity contribution in [2.45, 2.75) is 20.1 Å². The van der Waals surface area contributed by atoms with Crippen LogP contribution < -0.4 is 4.74 Å². The van der Waals surface area contributed by atoms with Gasteiger partial charge in [0.2, 0.25) is 0 Å². The third kappa shape index (κ3) is 6.12. The molecule has 2 rings (SSSR count). The Morgan fingerprint density at radius 3 is 2.35 bits per heavy atom. The first-order valence-electron chi connectivity index (χ1n) is 7.77. The molecule has 0 aromatic heterocycles. The Hall–Kier alpha value is -2.33. The number of carbonyl (C=O) groups excluding carboxylic acids is 1. The highest BCUT2D eigenvalue weighted by molar-refractivity contribution is 5.71. The van der Waals surface area contributed by atoms with Gasteiger partial charge in [-0.2, -0.15) is 0 Å². The van der Waals surface area contributed by atoms with Crippen molar-refractivity contribution < 1.29 is 14.3 Å². The highest BCUT2D eigenvalue weighted by Gasteiger charge is 2.09. The van der Waals surface area contributed by atoms with Crippen molar-refractivity contribution in [2.24, 2.45) is 0 Å². The van der Waals surface area contributed by atoms with Gasteiger partial charge in [-0.1, -0.05) is 42.5 Å². The molecule has 122 valence electrons. The summed E-state index contributed by atoms with van der Waals surface area (Å²) in [4.78, 5) is 13.8. The molecule has 0 radical (unpaired) electrons. The first-order valence-corrected chi connectivity index (χ1v) is 7.77. The average molecular weight is 313 g/mol. The Kier molecular flexibility index (Phi) is 6.63. The van der Waals surface area contributed by atoms with E-state index in [0.717, 1.165) is 16.9 Å². The van der Waals surface area contributed by atoms with Crippen molar-refractivity contribution >= 4 is 5.97 Å². The maximum atomic E-state index is 11.9. The Bertz CT molecular complexity index is 596. The van der Waals surface area contributed by atoms with Crippen LogP contribution in [0.25, 0.3) is 0 Å². The molecule has 0 atom stereocenters. The molecule has 0 saturated carbocycles. The minimum absolute atomic E-state index is 0.220. The largest absolute Gasteiger partial charge is 0.494 e. The molecule has 4 heteroatoms. The molecule has 0 aliphatic carbocycles. The molecule has 0 heterocycles. The molecular formula is C19H23NO3. The van der Waals surface area contributed by atoms with Gasteiger partial charge < -0.3 is 9.47 Å². The topological polar surface area (TPSA) is 38.8 Å². The van der Waals surface area contributed by atoms with E-state index in [-0.39, 0.29) is 12.5 Å². The number of rotatable bonds is 8. The lowest BCUT2D eigenvalue weighted by atomic mass is 10.2. The molecule has 0 unspecified atom stereocenters. The Labute approximate surface area is 137 Å². The predicted molar refractivity (Wildman–Crippen MR) is 90.2 cm³/mol. The van der Waals surface area contributed by atoms with Gasteiger partial charge in [-0.3, -0.25) is 9.69 Å². The molecule has 0 amide bonds. The van der Waals surface area contributed by atoms with Crippen molar-refractivity contribution in [1.82, 2.24) is 4.90 Å². The zero-order valence-corrected chi connectivity index (χ0v) is 13.7. The fourth-order valence-corrected chi connectivity index (χ4v) is 2.23. The Morgan fingerprint density at radius 1 is 1.00 bits per heavy atom. The fraction of sp³-hybridized carbons (Fsp3) is 0.316. The van der Waals surface area contributed by atoms with Crippen molar-refractivity contribution in [3.05, 3.63) is 65.7 Å². The predicted octanol–water partition coefficient (Wildman–Crippen LogP) is 3.26. The summed E-state index contributed by atoms with van der Waals surface area (Å²) in [6, 6.07) is 17.6. The van der Waals surface area contributed by atoms with E-state index in [1.807, 2.05) is 73.5 Å². The van der Waals surface area contributed by atoms with E-state index in [4.69, 9.17) is 9.47 Å². The zero-order chi connectivity index (χ0) is 16.5. The number of nitrogens with zero attached hydrogens (tertiary/aromatic N) is 1. The molecule has 0 aliphatic heterocycles. The minimum Gasteiger partial charge on any atom is -0.494 e. The molecule has 0 aliphatic rings. The third-order valence-electron chi connectivity index (χ3n) is 3.33. The van der Waals surface area contributed by atoms with Crippen LogP contribution >= 0.6 is 0 Å². The van der Waals surface area contributed by atoms with E-state index in [1.165, 1.54) is 0 Å². The van der Waals surface area contributed by atoms with Gasteiger partial charge >= 0.3 is 5.97 Å². The van der Waals surface area contributed by atoms with Crippen LogP contribution in [-0.4, -0.2) is 31.1 Å². The van der Waals surface area contributed by atoms with Crippen LogP contribution in [0, 0.1) is 0 Å². The monoisotopic (exact) mass is 313 g/mol. The van der Waals surface area contributed by atoms with E-state index in [1.54, 1.807) is 0 Å². The lowest BCUT2D eigenvalue weighted by Crippen LogP contribution is -2.26. The zero-order valence-electron chi connectivity index (χ0n) is 13.7. The molecule has 0 N–H and O–H groups in total. The molecule has 0 bridgehead atoms. The van der Waals surface area contributed by atoms with E-state index in [0.29, 0.717) is 19.8 Å². The van der Waals surface area contributed by atoms with Crippen molar-refractivity contribution in [3.63, 3.8) is 0 Å². The number of likely N-dealkylation sites (N-methyl/N-ethyl adjacent to an activating group) is 1. The molecule has 0 fully saturated rings. The van der Waals surface area contributed by atoms with Crippen LogP contribution in [-0.2, 0) is 22.7 Å². The highest BCUT2D eigenvalue weighted by atomic mass is 16.5. The van der Waals surface area contributed by atoms with Gasteiger partial charge in [0.15, 0.2) is 0 Å². The highest BCUT2D eigenvalue weighted by Crippen LogP contribution is 2.13. The lowest BCUT2D eigenvalue weighted by molar-refractivity contribution is -0.146. The first kappa shape index (κ1) is 17.0. The Morgan fingerprint density at radius 2 is 1.70 bits per heavy atom. The molecule has 2 aromatic carbocycles. The van der Waals surface area contributed by atoms with Gasteiger partial charge in [0.05, 0.1) is 13.2 Å². The SMILES string of the molecule is CCOc1ccc(CN(C)CC(=O)OCc2ccccc2)cc1. The smallest absolute Gasteiger partial charge is 0.320 e. The van der Waals surface area contributed by atoms with Gasteiger partial charge in [0.25, 0.3) is 0 Å². The summed E-state index contributed by atoms with van der Waals surface area (Å²) in [6.07, 6.45) is 0. The van der Waals surface area contributed by atoms with Crippen LogP contribution in [0.2, 0.25) is 0 Å². The van der Waals surface area contributed by atoms with Crippen LogP contribution in [0.3, 0.4) is 0 Å². The number of benzene rings is 2. The second-order valence-electron chi connectivity index (χ2n) is 5.40. The van der Waals surface area contributed by atoms with Gasteiger partial charge in [0.1, 0.15) is 12.4 Å². The quantitative estimate of drug-likeness (QED) is 0.701. The van der Waals surface area contributed by atoms with E-state index in [2.05, 4.69) is 0 Å². The molecule has 2 aromatic rings. The summed E-state index contributed by atoms with van der Waals surface area (Å²) in [6.45, 7) is 3.89. The maximum Gasteiger partial charge on any atom is 0.320 e. The molecule has 23 heavy (non-hydrogen) atoms. The van der Waals surface area contributed by atoms with Gasteiger partial charge in [-0.15, -0.1) is 0 Å². The molecular weight excluding hydrogens is 290 g/mol. The van der Waals surface area contributed by atoms with E-state index >= 15 is 0 Å². The van der Waals surface area contributed by atoms with Crippen molar-refractivity contribution in [3.8, 4) is 5.75 Å². The summed E-state index contributed by atoms with van der Waals surface area (Å²) in [7, 11) is 1.90. The summed E-state index contributed by atoms with van der Waals surface area (Å²) < 4.78 is 10.7. The van der Waals surface area contributed by atoms with Crippen molar-refractivity contribution in [1.29, 1.82) is 0 Å². The second-order valence-corrected chi connectivity index (χ2v) is 5.40. The number of esters is 1. The van der Waals surface area contributed by atoms with Crippen molar-refractivity contribution in [2.75, 3.05) is 20.2 Å². The molecule has 4 nitrogen and oxygen atoms in total. The normalized spacial score (nSPS) is 10.6. The van der Waals surface area contributed by atoms with Gasteiger partial charge in [-0.05, 0) is 37.2 Å². The number of hydrogen-bond acceptors (Lipinski definition) is 4. The summed E-state index contributed by atoms with van der Waals surface area (Å²) in [5.74, 6) is 0.642. The number of carbonyl (C=O) groups is 1. The maximum absolute atomic E-state index is 11.9. The van der Waals surface area contributed by atoms with E-state index < -0.39 is 0 Å². The number of ether oxygens (including phenoxy) is 2. The fourth-order valence-electron chi connectivity index (χ4n) is 2.23. The standard InChI is InChI=1S/C19H23NO3/c1-3-22-18-11-9-16(10-12-18)13-20(2)14-19(21)23-15-17-7-5-4-6-8-17/h4-12H,3,13-15H2,1-2H3. The van der Waals surface area contributed by atoms with E-state index in [9.17, 15) is 4.79 Å². The second kappa shape index (κ2) is 8.96. The van der Waals surface area contributed by atoms with Crippen LogP contribution in [0.1, 0.15) is 18.1 Å². The first-order chi connectivity index (χ1) is 11.2. The summed E-state index contributed by atoms with van der Waals surface area (Å²) in [5.41, 5.74) is 2.13. The van der Waals surface area contributed by atoms with Gasteiger partial charge in [0, 0.05) is 6.54 Å². The molecule has 0 spiro atoms. The summed E-state index contributed by atoms with van der Waals surface area (Å²) in [5, 5.41) is 0. The van der Waals surface area contributed by atoms with Crippen LogP contribution in [0.5, 0.6) is 5.75 Å².